The number of rotatable bonds is 11. The quantitative estimate of drug-likeness (QED) is 0.288. The molecule has 1 amide bonds. The van der Waals surface area contributed by atoms with E-state index in [4.69, 9.17) is 9.84 Å². The standard InChI is InChI=1S/C21H36N2O7/c1-5-23(12-16(25)18(27)19(28)17(26)13-24)11-15-8-6-14(7-9-15)10-22-20(29)30-21(2,3)4/h6-9,16-19,24-28H,5,10-13H2,1-4H3,(H,22,29)/t16-,17+,18+,19+/m0/s1. The van der Waals surface area contributed by atoms with Crippen LogP contribution in [0.5, 0.6) is 0 Å². The number of carbonyl (C=O) groups is 1. The zero-order valence-electron chi connectivity index (χ0n) is 18.2. The molecule has 9 heteroatoms. The third-order valence-corrected chi connectivity index (χ3v) is 4.48. The van der Waals surface area contributed by atoms with Gasteiger partial charge < -0.3 is 35.6 Å². The van der Waals surface area contributed by atoms with E-state index in [1.54, 1.807) is 20.8 Å². The number of nitrogens with one attached hydrogen (secondary N) is 1. The van der Waals surface area contributed by atoms with E-state index in [1.807, 2.05) is 36.1 Å². The summed E-state index contributed by atoms with van der Waals surface area (Å²) >= 11 is 0. The summed E-state index contributed by atoms with van der Waals surface area (Å²) in [6.45, 7) is 8.08. The van der Waals surface area contributed by atoms with Crippen molar-refractivity contribution in [2.75, 3.05) is 19.7 Å². The summed E-state index contributed by atoms with van der Waals surface area (Å²) in [5.74, 6) is 0. The third kappa shape index (κ3) is 9.38. The predicted molar refractivity (Wildman–Crippen MR) is 112 cm³/mol. The van der Waals surface area contributed by atoms with E-state index < -0.39 is 42.7 Å². The van der Waals surface area contributed by atoms with Crippen LogP contribution in [0.3, 0.4) is 0 Å². The van der Waals surface area contributed by atoms with Gasteiger partial charge in [0, 0.05) is 19.6 Å². The Morgan fingerprint density at radius 1 is 1.03 bits per heavy atom. The van der Waals surface area contributed by atoms with Crippen LogP contribution >= 0.6 is 0 Å². The number of carbonyl (C=O) groups excluding carboxylic acids is 1. The van der Waals surface area contributed by atoms with Crippen molar-refractivity contribution < 1.29 is 35.1 Å². The van der Waals surface area contributed by atoms with Gasteiger partial charge in [-0.1, -0.05) is 31.2 Å². The molecule has 0 aromatic heterocycles. The molecule has 4 atom stereocenters. The molecular formula is C21H36N2O7. The van der Waals surface area contributed by atoms with Crippen LogP contribution in [-0.4, -0.2) is 86.2 Å². The molecule has 1 rings (SSSR count). The maximum absolute atomic E-state index is 11.7. The van der Waals surface area contributed by atoms with Crippen molar-refractivity contribution in [3.8, 4) is 0 Å². The van der Waals surface area contributed by atoms with Gasteiger partial charge in [-0.25, -0.2) is 4.79 Å². The van der Waals surface area contributed by atoms with Gasteiger partial charge in [-0.2, -0.15) is 0 Å². The second-order valence-corrected chi connectivity index (χ2v) is 8.30. The molecule has 0 aliphatic heterocycles. The summed E-state index contributed by atoms with van der Waals surface area (Å²) in [5.41, 5.74) is 1.32. The van der Waals surface area contributed by atoms with Gasteiger partial charge in [0.05, 0.1) is 12.7 Å². The summed E-state index contributed by atoms with van der Waals surface area (Å²) in [4.78, 5) is 13.6. The minimum atomic E-state index is -1.64. The minimum absolute atomic E-state index is 0.0782. The average Bonchev–Trinajstić information content (AvgIpc) is 2.69. The van der Waals surface area contributed by atoms with Crippen molar-refractivity contribution in [2.45, 2.75) is 70.8 Å². The molecule has 0 heterocycles. The van der Waals surface area contributed by atoms with Crippen LogP contribution in [-0.2, 0) is 17.8 Å². The van der Waals surface area contributed by atoms with Gasteiger partial charge in [0.15, 0.2) is 0 Å². The van der Waals surface area contributed by atoms with Gasteiger partial charge in [0.25, 0.3) is 0 Å². The number of aliphatic hydroxyl groups is 5. The predicted octanol–water partition coefficient (Wildman–Crippen LogP) is -0.0309. The lowest BCUT2D eigenvalue weighted by atomic mass is 10.0. The number of alkyl carbamates (subject to hydrolysis) is 1. The summed E-state index contributed by atoms with van der Waals surface area (Å²) in [6.07, 6.45) is -6.52. The highest BCUT2D eigenvalue weighted by atomic mass is 16.6. The van der Waals surface area contributed by atoms with Crippen LogP contribution in [0.2, 0.25) is 0 Å². The summed E-state index contributed by atoms with van der Waals surface area (Å²) in [6, 6.07) is 7.57. The van der Waals surface area contributed by atoms with Crippen molar-refractivity contribution in [1.82, 2.24) is 10.2 Å². The second-order valence-electron chi connectivity index (χ2n) is 8.30. The first-order valence-electron chi connectivity index (χ1n) is 10.1. The second kappa shape index (κ2) is 12.2. The number of hydrogen-bond donors (Lipinski definition) is 6. The molecule has 0 bridgehead atoms. The van der Waals surface area contributed by atoms with Crippen LogP contribution in [0.4, 0.5) is 4.79 Å². The molecule has 1 aromatic rings. The Bertz CT molecular complexity index is 633. The van der Waals surface area contributed by atoms with Crippen molar-refractivity contribution in [3.05, 3.63) is 35.4 Å². The highest BCUT2D eigenvalue weighted by Crippen LogP contribution is 2.12. The first kappa shape index (κ1) is 26.3. The number of aliphatic hydroxyl groups excluding tert-OH is 5. The molecule has 0 aliphatic rings. The number of benzene rings is 1. The van der Waals surface area contributed by atoms with E-state index in [2.05, 4.69) is 5.32 Å². The van der Waals surface area contributed by atoms with Gasteiger partial charge in [-0.3, -0.25) is 4.90 Å². The molecule has 0 fully saturated rings. The van der Waals surface area contributed by atoms with Crippen LogP contribution < -0.4 is 5.32 Å². The Hall–Kier alpha value is -1.75. The largest absolute Gasteiger partial charge is 0.444 e. The lowest BCUT2D eigenvalue weighted by Gasteiger charge is -2.30. The van der Waals surface area contributed by atoms with Crippen LogP contribution in [0.25, 0.3) is 0 Å². The molecule has 0 spiro atoms. The van der Waals surface area contributed by atoms with E-state index in [9.17, 15) is 25.2 Å². The van der Waals surface area contributed by atoms with E-state index in [0.717, 1.165) is 11.1 Å². The fourth-order valence-corrected chi connectivity index (χ4v) is 2.75. The molecule has 0 radical (unpaired) electrons. The number of hydrogen-bond acceptors (Lipinski definition) is 8. The molecule has 0 aliphatic carbocycles. The number of amides is 1. The Morgan fingerprint density at radius 3 is 2.07 bits per heavy atom. The summed E-state index contributed by atoms with van der Waals surface area (Å²) < 4.78 is 5.20. The zero-order valence-corrected chi connectivity index (χ0v) is 18.2. The average molecular weight is 429 g/mol. The molecular weight excluding hydrogens is 392 g/mol. The SMILES string of the molecule is CCN(Cc1ccc(CNC(=O)OC(C)(C)C)cc1)C[C@H](O)[C@@H](O)[C@H](O)[C@H](O)CO. The smallest absolute Gasteiger partial charge is 0.407 e. The Labute approximate surface area is 177 Å². The first-order valence-corrected chi connectivity index (χ1v) is 10.1. The van der Waals surface area contributed by atoms with Crippen LogP contribution in [0.1, 0.15) is 38.8 Å². The normalized spacial score (nSPS) is 16.1. The van der Waals surface area contributed by atoms with Crippen molar-refractivity contribution >= 4 is 6.09 Å². The van der Waals surface area contributed by atoms with Crippen molar-refractivity contribution in [1.29, 1.82) is 0 Å². The number of likely N-dealkylation sites (N-methyl/N-ethyl adjacent to an activating group) is 1. The molecule has 1 aromatic carbocycles. The van der Waals surface area contributed by atoms with E-state index in [-0.39, 0.29) is 6.54 Å². The van der Waals surface area contributed by atoms with Gasteiger partial charge in [-0.15, -0.1) is 0 Å². The molecule has 0 unspecified atom stereocenters. The Balaban J connectivity index is 2.57. The molecule has 6 N–H and O–H groups in total. The van der Waals surface area contributed by atoms with E-state index in [0.29, 0.717) is 19.6 Å². The zero-order chi connectivity index (χ0) is 22.9. The minimum Gasteiger partial charge on any atom is -0.444 e. The van der Waals surface area contributed by atoms with E-state index >= 15 is 0 Å². The van der Waals surface area contributed by atoms with Gasteiger partial charge in [0.2, 0.25) is 0 Å². The topological polar surface area (TPSA) is 143 Å². The monoisotopic (exact) mass is 428 g/mol. The third-order valence-electron chi connectivity index (χ3n) is 4.48. The number of ether oxygens (including phenoxy) is 1. The van der Waals surface area contributed by atoms with E-state index in [1.165, 1.54) is 0 Å². The fraction of sp³-hybridized carbons (Fsp3) is 0.667. The molecule has 30 heavy (non-hydrogen) atoms. The maximum atomic E-state index is 11.7. The highest BCUT2D eigenvalue weighted by molar-refractivity contribution is 5.67. The fourth-order valence-electron chi connectivity index (χ4n) is 2.75. The Kier molecular flexibility index (Phi) is 10.7. The summed E-state index contributed by atoms with van der Waals surface area (Å²) in [5, 5.41) is 50.8. The first-order chi connectivity index (χ1) is 14.0. The molecule has 9 nitrogen and oxygen atoms in total. The van der Waals surface area contributed by atoms with Gasteiger partial charge >= 0.3 is 6.09 Å². The van der Waals surface area contributed by atoms with Gasteiger partial charge in [-0.05, 0) is 38.4 Å². The lowest BCUT2D eigenvalue weighted by molar-refractivity contribution is -0.119. The number of nitrogens with zero attached hydrogens (tertiary/aromatic N) is 1. The van der Waals surface area contributed by atoms with Crippen molar-refractivity contribution in [3.63, 3.8) is 0 Å². The van der Waals surface area contributed by atoms with Crippen molar-refractivity contribution in [2.24, 2.45) is 0 Å². The van der Waals surface area contributed by atoms with Gasteiger partial charge in [0.1, 0.15) is 23.9 Å². The van der Waals surface area contributed by atoms with Crippen LogP contribution in [0, 0.1) is 0 Å². The molecule has 0 saturated heterocycles. The maximum Gasteiger partial charge on any atom is 0.407 e. The Morgan fingerprint density at radius 2 is 1.57 bits per heavy atom. The van der Waals surface area contributed by atoms with Crippen LogP contribution in [0.15, 0.2) is 24.3 Å². The summed E-state index contributed by atoms with van der Waals surface area (Å²) in [7, 11) is 0. The molecule has 0 saturated carbocycles. The molecule has 172 valence electrons. The lowest BCUT2D eigenvalue weighted by Crippen LogP contribution is -2.49. The highest BCUT2D eigenvalue weighted by Gasteiger charge is 2.30.